The quantitative estimate of drug-likeness (QED) is 0.508. The molecule has 3 heterocycles. The van der Waals surface area contributed by atoms with Crippen molar-refractivity contribution >= 4 is 22.6 Å². The number of benzene rings is 2. The van der Waals surface area contributed by atoms with E-state index in [0.29, 0.717) is 12.2 Å². The van der Waals surface area contributed by atoms with Crippen LogP contribution < -0.4 is 0 Å². The molecule has 150 valence electrons. The number of carbonyl (C=O) groups is 2. The molecule has 6 nitrogen and oxygen atoms in total. The molecular formula is C24H22N4O2. The summed E-state index contributed by atoms with van der Waals surface area (Å²) in [7, 11) is 0. The van der Waals surface area contributed by atoms with Crippen LogP contribution >= 0.6 is 0 Å². The predicted molar refractivity (Wildman–Crippen MR) is 115 cm³/mol. The number of H-pyrrole nitrogens is 2. The van der Waals surface area contributed by atoms with E-state index < -0.39 is 0 Å². The van der Waals surface area contributed by atoms with Crippen molar-refractivity contribution in [3.63, 3.8) is 0 Å². The molecule has 2 aromatic carbocycles. The predicted octanol–water partition coefficient (Wildman–Crippen LogP) is 4.19. The van der Waals surface area contributed by atoms with E-state index in [9.17, 15) is 9.59 Å². The van der Waals surface area contributed by atoms with Crippen LogP contribution in [-0.2, 0) is 6.42 Å². The second-order valence-electron chi connectivity index (χ2n) is 7.85. The summed E-state index contributed by atoms with van der Waals surface area (Å²) in [6.07, 6.45) is 0.765. The Balaban J connectivity index is 1.64. The molecule has 1 aliphatic heterocycles. The zero-order valence-electron chi connectivity index (χ0n) is 16.9. The van der Waals surface area contributed by atoms with Gasteiger partial charge in [0.05, 0.1) is 6.04 Å². The monoisotopic (exact) mass is 398 g/mol. The Morgan fingerprint density at radius 2 is 1.93 bits per heavy atom. The van der Waals surface area contributed by atoms with Gasteiger partial charge < -0.3 is 9.88 Å². The van der Waals surface area contributed by atoms with Gasteiger partial charge in [-0.2, -0.15) is 5.10 Å². The molecule has 0 saturated heterocycles. The average molecular weight is 398 g/mol. The number of aryl methyl sites for hydroxylation is 1. The van der Waals surface area contributed by atoms with Crippen LogP contribution in [0.4, 0.5) is 0 Å². The van der Waals surface area contributed by atoms with E-state index in [-0.39, 0.29) is 23.4 Å². The first-order valence-electron chi connectivity index (χ1n) is 10.1. The Morgan fingerprint density at radius 3 is 2.70 bits per heavy atom. The Hall–Kier alpha value is -3.67. The smallest absolute Gasteiger partial charge is 0.272 e. The van der Waals surface area contributed by atoms with Crippen molar-refractivity contribution in [3.05, 3.63) is 88.4 Å². The molecular weight excluding hydrogens is 376 g/mol. The fourth-order valence-corrected chi connectivity index (χ4v) is 4.41. The Morgan fingerprint density at radius 1 is 1.10 bits per heavy atom. The maximum atomic E-state index is 13.5. The second kappa shape index (κ2) is 6.99. The van der Waals surface area contributed by atoms with Crippen molar-refractivity contribution < 1.29 is 9.59 Å². The average Bonchev–Trinajstić information content (AvgIpc) is 3.37. The van der Waals surface area contributed by atoms with Gasteiger partial charge in [0, 0.05) is 30.1 Å². The Bertz CT molecular complexity index is 1280. The van der Waals surface area contributed by atoms with Gasteiger partial charge in [0.1, 0.15) is 11.4 Å². The minimum Gasteiger partial charge on any atom is -0.356 e. The van der Waals surface area contributed by atoms with Crippen molar-refractivity contribution in [1.82, 2.24) is 20.1 Å². The molecule has 2 aromatic heterocycles. The number of nitrogens with one attached hydrogen (secondary N) is 2. The molecule has 2 N–H and O–H groups in total. The van der Waals surface area contributed by atoms with Gasteiger partial charge in [-0.25, -0.2) is 0 Å². The number of aromatic amines is 2. The third-order valence-electron chi connectivity index (χ3n) is 5.82. The van der Waals surface area contributed by atoms with Crippen LogP contribution in [0.5, 0.6) is 0 Å². The molecule has 30 heavy (non-hydrogen) atoms. The highest BCUT2D eigenvalue weighted by Crippen LogP contribution is 2.39. The van der Waals surface area contributed by atoms with Crippen molar-refractivity contribution in [3.8, 4) is 0 Å². The van der Waals surface area contributed by atoms with Gasteiger partial charge in [0.15, 0.2) is 5.78 Å². The number of nitrogens with zero attached hydrogens (tertiary/aromatic N) is 2. The number of hydrogen-bond acceptors (Lipinski definition) is 3. The molecule has 1 amide bonds. The maximum Gasteiger partial charge on any atom is 0.272 e. The van der Waals surface area contributed by atoms with Crippen molar-refractivity contribution in [2.24, 2.45) is 0 Å². The van der Waals surface area contributed by atoms with Gasteiger partial charge in [-0.15, -0.1) is 0 Å². The van der Waals surface area contributed by atoms with Gasteiger partial charge in [-0.05, 0) is 36.6 Å². The van der Waals surface area contributed by atoms with Gasteiger partial charge >= 0.3 is 0 Å². The molecule has 0 aliphatic carbocycles. The molecule has 0 fully saturated rings. The lowest BCUT2D eigenvalue weighted by Gasteiger charge is -2.36. The number of Topliss-reactive ketones (excluding diaryl/α,β-unsaturated/α-hetero) is 1. The van der Waals surface area contributed by atoms with E-state index in [2.05, 4.69) is 52.4 Å². The summed E-state index contributed by atoms with van der Waals surface area (Å²) >= 11 is 0. The highest BCUT2D eigenvalue weighted by molar-refractivity contribution is 5.98. The van der Waals surface area contributed by atoms with E-state index in [4.69, 9.17) is 0 Å². The van der Waals surface area contributed by atoms with E-state index in [0.717, 1.165) is 28.8 Å². The van der Waals surface area contributed by atoms with E-state index >= 15 is 0 Å². The highest BCUT2D eigenvalue weighted by Gasteiger charge is 2.35. The number of hydrogen-bond donors (Lipinski definition) is 2. The maximum absolute atomic E-state index is 13.5. The first-order chi connectivity index (χ1) is 14.5. The third-order valence-corrected chi connectivity index (χ3v) is 5.82. The minimum atomic E-state index is -0.238. The van der Waals surface area contributed by atoms with Crippen LogP contribution in [0, 0.1) is 6.92 Å². The summed E-state index contributed by atoms with van der Waals surface area (Å²) < 4.78 is 0. The molecule has 1 atom stereocenters. The molecule has 5 rings (SSSR count). The number of carbonyl (C=O) groups excluding carboxylic acids is 2. The number of para-hydroxylation sites is 1. The summed E-state index contributed by atoms with van der Waals surface area (Å²) in [6.45, 7) is 4.08. The van der Waals surface area contributed by atoms with Crippen LogP contribution in [0.25, 0.3) is 10.9 Å². The van der Waals surface area contributed by atoms with Crippen molar-refractivity contribution in [2.45, 2.75) is 26.3 Å². The molecule has 0 saturated carbocycles. The molecule has 0 spiro atoms. The highest BCUT2D eigenvalue weighted by atomic mass is 16.2. The first-order valence-corrected chi connectivity index (χ1v) is 10.1. The van der Waals surface area contributed by atoms with E-state index in [1.807, 2.05) is 23.1 Å². The number of aromatic nitrogens is 3. The van der Waals surface area contributed by atoms with Gasteiger partial charge in [-0.1, -0.05) is 48.0 Å². The molecule has 6 heteroatoms. The normalized spacial score (nSPS) is 15.9. The lowest BCUT2D eigenvalue weighted by Crippen LogP contribution is -2.40. The largest absolute Gasteiger partial charge is 0.356 e. The lowest BCUT2D eigenvalue weighted by atomic mass is 9.91. The van der Waals surface area contributed by atoms with Gasteiger partial charge in [0.25, 0.3) is 5.91 Å². The molecule has 0 radical (unpaired) electrons. The first kappa shape index (κ1) is 18.4. The second-order valence-corrected chi connectivity index (χ2v) is 7.85. The zero-order chi connectivity index (χ0) is 20.8. The summed E-state index contributed by atoms with van der Waals surface area (Å²) in [6, 6.07) is 17.8. The number of rotatable bonds is 3. The summed E-state index contributed by atoms with van der Waals surface area (Å²) in [5, 5.41) is 7.94. The lowest BCUT2D eigenvalue weighted by molar-refractivity contribution is 0.0685. The number of fused-ring (bicyclic) bond motifs is 3. The fourth-order valence-electron chi connectivity index (χ4n) is 4.41. The van der Waals surface area contributed by atoms with E-state index in [1.54, 1.807) is 6.07 Å². The van der Waals surface area contributed by atoms with E-state index in [1.165, 1.54) is 17.9 Å². The fraction of sp³-hybridized carbons (Fsp3) is 0.208. The summed E-state index contributed by atoms with van der Waals surface area (Å²) in [5.41, 5.74) is 6.19. The number of amides is 1. The van der Waals surface area contributed by atoms with Crippen molar-refractivity contribution in [2.75, 3.05) is 6.54 Å². The summed E-state index contributed by atoms with van der Waals surface area (Å²) in [4.78, 5) is 30.5. The number of ketones is 1. The van der Waals surface area contributed by atoms with Crippen LogP contribution in [0.1, 0.15) is 56.3 Å². The van der Waals surface area contributed by atoms with Crippen LogP contribution in [-0.4, -0.2) is 38.3 Å². The zero-order valence-corrected chi connectivity index (χ0v) is 16.9. The molecule has 1 unspecified atom stereocenters. The molecule has 0 bridgehead atoms. The SMILES string of the molecule is CC(=O)c1cc(C(=O)N2CCc3c([nH]c4ccccc34)C2c2cccc(C)c2)[nH]n1. The third kappa shape index (κ3) is 2.92. The van der Waals surface area contributed by atoms with Gasteiger partial charge in [0.2, 0.25) is 0 Å². The Kier molecular flexibility index (Phi) is 4.28. The van der Waals surface area contributed by atoms with Crippen LogP contribution in [0.2, 0.25) is 0 Å². The topological polar surface area (TPSA) is 81.9 Å². The van der Waals surface area contributed by atoms with Crippen molar-refractivity contribution in [1.29, 1.82) is 0 Å². The van der Waals surface area contributed by atoms with Crippen LogP contribution in [0.15, 0.2) is 54.6 Å². The summed E-state index contributed by atoms with van der Waals surface area (Å²) in [5.74, 6) is -0.331. The molecule has 4 aromatic rings. The molecule has 1 aliphatic rings. The van der Waals surface area contributed by atoms with Crippen LogP contribution in [0.3, 0.4) is 0 Å². The standard InChI is InChI=1S/C24H22N4O2/c1-14-6-5-7-16(12-14)23-22-18(17-8-3-4-9-19(17)25-22)10-11-28(23)24(30)21-13-20(15(2)29)26-27-21/h3-9,12-13,23,25H,10-11H2,1-2H3,(H,26,27). The Labute approximate surface area is 173 Å². The minimum absolute atomic E-state index is 0.161. The van der Waals surface area contributed by atoms with Gasteiger partial charge in [-0.3, -0.25) is 14.7 Å².